The molecule has 0 amide bonds. The molecule has 5 heteroatoms. The first-order chi connectivity index (χ1) is 9.91. The third-order valence-corrected chi connectivity index (χ3v) is 6.68. The summed E-state index contributed by atoms with van der Waals surface area (Å²) in [5, 5.41) is 0. The third-order valence-electron chi connectivity index (χ3n) is 4.53. The van der Waals surface area contributed by atoms with Gasteiger partial charge in [0.25, 0.3) is 0 Å². The highest BCUT2D eigenvalue weighted by atomic mass is 32.2. The Morgan fingerprint density at radius 1 is 1.29 bits per heavy atom. The first kappa shape index (κ1) is 16.5. The van der Waals surface area contributed by atoms with E-state index < -0.39 is 10.0 Å². The molecule has 0 spiro atoms. The second-order valence-corrected chi connectivity index (χ2v) is 7.83. The molecule has 1 aromatic carbocycles. The van der Waals surface area contributed by atoms with Gasteiger partial charge in [0, 0.05) is 12.6 Å². The molecule has 0 bridgehead atoms. The van der Waals surface area contributed by atoms with E-state index in [9.17, 15) is 8.42 Å². The van der Waals surface area contributed by atoms with Gasteiger partial charge >= 0.3 is 0 Å². The van der Waals surface area contributed by atoms with Crippen molar-refractivity contribution in [1.82, 2.24) is 4.31 Å². The van der Waals surface area contributed by atoms with Crippen molar-refractivity contribution in [3.63, 3.8) is 0 Å². The maximum Gasteiger partial charge on any atom is 0.243 e. The predicted molar refractivity (Wildman–Crippen MR) is 85.7 cm³/mol. The Hall–Kier alpha value is -0.910. The summed E-state index contributed by atoms with van der Waals surface area (Å²) in [4.78, 5) is 0.437. The Morgan fingerprint density at radius 2 is 2.00 bits per heavy atom. The van der Waals surface area contributed by atoms with Gasteiger partial charge in [0.05, 0.1) is 4.90 Å². The van der Waals surface area contributed by atoms with Gasteiger partial charge in [-0.3, -0.25) is 0 Å². The molecule has 0 aliphatic heterocycles. The van der Waals surface area contributed by atoms with Crippen molar-refractivity contribution in [3.05, 3.63) is 29.3 Å². The SMILES string of the molecule is CCN(C1CCCC1CN)S(=O)(=O)c1cc(C)ccc1C. The van der Waals surface area contributed by atoms with Crippen molar-refractivity contribution < 1.29 is 8.42 Å². The van der Waals surface area contributed by atoms with Crippen LogP contribution in [0.4, 0.5) is 0 Å². The summed E-state index contributed by atoms with van der Waals surface area (Å²) in [7, 11) is -3.45. The number of nitrogens with two attached hydrogens (primary N) is 1. The number of sulfonamides is 1. The average molecular weight is 310 g/mol. The topological polar surface area (TPSA) is 63.4 Å². The number of benzene rings is 1. The molecule has 1 saturated carbocycles. The van der Waals surface area contributed by atoms with Crippen molar-refractivity contribution in [2.45, 2.75) is 51.0 Å². The van der Waals surface area contributed by atoms with Crippen LogP contribution in [0.1, 0.15) is 37.3 Å². The third kappa shape index (κ3) is 3.15. The highest BCUT2D eigenvalue weighted by Crippen LogP contribution is 2.33. The van der Waals surface area contributed by atoms with Crippen molar-refractivity contribution >= 4 is 10.0 Å². The minimum Gasteiger partial charge on any atom is -0.330 e. The highest BCUT2D eigenvalue weighted by molar-refractivity contribution is 7.89. The molecular weight excluding hydrogens is 284 g/mol. The molecular formula is C16H26N2O2S. The van der Waals surface area contributed by atoms with E-state index in [0.717, 1.165) is 30.4 Å². The van der Waals surface area contributed by atoms with E-state index in [-0.39, 0.29) is 12.0 Å². The lowest BCUT2D eigenvalue weighted by atomic mass is 10.0. The summed E-state index contributed by atoms with van der Waals surface area (Å²) in [6.45, 7) is 6.75. The normalized spacial score (nSPS) is 22.9. The fraction of sp³-hybridized carbons (Fsp3) is 0.625. The van der Waals surface area contributed by atoms with Gasteiger partial charge in [-0.15, -0.1) is 0 Å². The molecule has 0 aromatic heterocycles. The van der Waals surface area contributed by atoms with Gasteiger partial charge in [0.2, 0.25) is 10.0 Å². The summed E-state index contributed by atoms with van der Waals surface area (Å²) in [6.07, 6.45) is 3.01. The Labute approximate surface area is 128 Å². The molecule has 1 aromatic rings. The number of nitrogens with zero attached hydrogens (tertiary/aromatic N) is 1. The first-order valence-corrected chi connectivity index (χ1v) is 9.15. The Morgan fingerprint density at radius 3 is 2.62 bits per heavy atom. The van der Waals surface area contributed by atoms with Crippen LogP contribution in [0.25, 0.3) is 0 Å². The largest absolute Gasteiger partial charge is 0.330 e. The lowest BCUT2D eigenvalue weighted by Crippen LogP contribution is -2.44. The van der Waals surface area contributed by atoms with Gasteiger partial charge in [-0.25, -0.2) is 8.42 Å². The zero-order chi connectivity index (χ0) is 15.6. The summed E-state index contributed by atoms with van der Waals surface area (Å²) in [6, 6.07) is 5.65. The van der Waals surface area contributed by atoms with Crippen molar-refractivity contribution in [2.75, 3.05) is 13.1 Å². The first-order valence-electron chi connectivity index (χ1n) is 7.71. The molecule has 118 valence electrons. The molecule has 2 atom stereocenters. The molecule has 21 heavy (non-hydrogen) atoms. The number of rotatable bonds is 5. The van der Waals surface area contributed by atoms with Crippen LogP contribution < -0.4 is 5.73 Å². The fourth-order valence-electron chi connectivity index (χ4n) is 3.37. The monoisotopic (exact) mass is 310 g/mol. The van der Waals surface area contributed by atoms with Crippen LogP contribution in [0.5, 0.6) is 0 Å². The summed E-state index contributed by atoms with van der Waals surface area (Å²) in [5.74, 6) is 0.282. The van der Waals surface area contributed by atoms with Gasteiger partial charge < -0.3 is 5.73 Å². The zero-order valence-electron chi connectivity index (χ0n) is 13.2. The zero-order valence-corrected chi connectivity index (χ0v) is 14.0. The molecule has 0 saturated heterocycles. The summed E-state index contributed by atoms with van der Waals surface area (Å²) in [5.41, 5.74) is 7.61. The molecule has 4 nitrogen and oxygen atoms in total. The molecule has 1 fully saturated rings. The van der Waals surface area contributed by atoms with E-state index in [4.69, 9.17) is 5.73 Å². The summed E-state index contributed by atoms with van der Waals surface area (Å²) >= 11 is 0. The highest BCUT2D eigenvalue weighted by Gasteiger charge is 2.37. The molecule has 2 rings (SSSR count). The number of aryl methyl sites for hydroxylation is 2. The lowest BCUT2D eigenvalue weighted by molar-refractivity contribution is 0.276. The van der Waals surface area contributed by atoms with Crippen LogP contribution in [0, 0.1) is 19.8 Å². The van der Waals surface area contributed by atoms with Gasteiger partial charge in [-0.2, -0.15) is 4.31 Å². The Bertz CT molecular complexity index is 598. The fourth-order valence-corrected chi connectivity index (χ4v) is 5.40. The Balaban J connectivity index is 2.42. The minimum atomic E-state index is -3.45. The molecule has 1 aliphatic rings. The molecule has 2 N–H and O–H groups in total. The van der Waals surface area contributed by atoms with E-state index in [2.05, 4.69) is 0 Å². The van der Waals surface area contributed by atoms with E-state index in [1.165, 1.54) is 0 Å². The van der Waals surface area contributed by atoms with Gasteiger partial charge in [0.15, 0.2) is 0 Å². The van der Waals surface area contributed by atoms with Crippen molar-refractivity contribution in [2.24, 2.45) is 11.7 Å². The summed E-state index contributed by atoms with van der Waals surface area (Å²) < 4.78 is 27.8. The van der Waals surface area contributed by atoms with Crippen LogP contribution in [0.15, 0.2) is 23.1 Å². The minimum absolute atomic E-state index is 0.0462. The molecule has 0 heterocycles. The number of hydrogen-bond acceptors (Lipinski definition) is 3. The van der Waals surface area contributed by atoms with E-state index in [0.29, 0.717) is 18.0 Å². The van der Waals surface area contributed by atoms with Crippen LogP contribution >= 0.6 is 0 Å². The maximum atomic E-state index is 13.1. The molecule has 0 radical (unpaired) electrons. The second-order valence-electron chi connectivity index (χ2n) is 5.97. The predicted octanol–water partition coefficient (Wildman–Crippen LogP) is 2.44. The average Bonchev–Trinajstić information content (AvgIpc) is 2.90. The smallest absolute Gasteiger partial charge is 0.243 e. The van der Waals surface area contributed by atoms with E-state index in [1.807, 2.05) is 32.9 Å². The van der Waals surface area contributed by atoms with E-state index in [1.54, 1.807) is 10.4 Å². The van der Waals surface area contributed by atoms with Gasteiger partial charge in [-0.05, 0) is 56.3 Å². The Kier molecular flexibility index (Phi) is 5.07. The van der Waals surface area contributed by atoms with Crippen molar-refractivity contribution in [1.29, 1.82) is 0 Å². The van der Waals surface area contributed by atoms with Crippen LogP contribution in [0.3, 0.4) is 0 Å². The van der Waals surface area contributed by atoms with Crippen LogP contribution in [-0.2, 0) is 10.0 Å². The van der Waals surface area contributed by atoms with Crippen molar-refractivity contribution in [3.8, 4) is 0 Å². The van der Waals surface area contributed by atoms with Gasteiger partial charge in [-0.1, -0.05) is 25.5 Å². The van der Waals surface area contributed by atoms with Crippen LogP contribution in [-0.4, -0.2) is 31.9 Å². The molecule has 2 unspecified atom stereocenters. The maximum absolute atomic E-state index is 13.1. The second kappa shape index (κ2) is 6.46. The van der Waals surface area contributed by atoms with E-state index >= 15 is 0 Å². The quantitative estimate of drug-likeness (QED) is 0.908. The standard InChI is InChI=1S/C16H26N2O2S/c1-4-18(15-7-5-6-14(15)11-17)21(19,20)16-10-12(2)8-9-13(16)3/h8-10,14-15H,4-7,11,17H2,1-3H3. The van der Waals surface area contributed by atoms with Gasteiger partial charge in [0.1, 0.15) is 0 Å². The van der Waals surface area contributed by atoms with Crippen LogP contribution in [0.2, 0.25) is 0 Å². The number of hydrogen-bond donors (Lipinski definition) is 1. The molecule has 1 aliphatic carbocycles. The lowest BCUT2D eigenvalue weighted by Gasteiger charge is -2.31.